The Morgan fingerprint density at radius 1 is 1.73 bits per heavy atom. The second-order valence-corrected chi connectivity index (χ2v) is 1.85. The molecule has 0 aliphatic carbocycles. The van der Waals surface area contributed by atoms with Crippen molar-refractivity contribution in [3.8, 4) is 11.8 Å². The smallest absolute Gasteiger partial charge is 0.358 e. The normalized spacial score (nSPS) is 13.9. The molecule has 1 rings (SSSR count). The Kier molecular flexibility index (Phi) is 1.93. The van der Waals surface area contributed by atoms with Crippen LogP contribution in [0.15, 0.2) is 23.7 Å². The second kappa shape index (κ2) is 2.88. The first-order chi connectivity index (χ1) is 5.24. The Bertz CT molecular complexity index is 304. The molecule has 0 amide bonds. The Balaban J connectivity index is 2.76. The lowest BCUT2D eigenvalue weighted by atomic mass is 10.3. The lowest BCUT2D eigenvalue weighted by Crippen LogP contribution is -2.03. The van der Waals surface area contributed by atoms with E-state index in [9.17, 15) is 10.1 Å². The number of rotatable bonds is 1. The van der Waals surface area contributed by atoms with Crippen molar-refractivity contribution in [1.29, 1.82) is 0 Å². The SMILES string of the molecule is CC#CC1=C[N]C([N+](=O)[O-])=C1. The Morgan fingerprint density at radius 3 is 2.91 bits per heavy atom. The minimum atomic E-state index is -0.541. The Labute approximate surface area is 63.7 Å². The lowest BCUT2D eigenvalue weighted by molar-refractivity contribution is -0.430. The molecule has 1 aliphatic heterocycles. The van der Waals surface area contributed by atoms with Crippen LogP contribution in [0.5, 0.6) is 0 Å². The average Bonchev–Trinajstić information content (AvgIpc) is 2.37. The van der Waals surface area contributed by atoms with Crippen molar-refractivity contribution in [2.24, 2.45) is 0 Å². The van der Waals surface area contributed by atoms with Crippen molar-refractivity contribution < 1.29 is 4.92 Å². The van der Waals surface area contributed by atoms with E-state index < -0.39 is 4.92 Å². The lowest BCUT2D eigenvalue weighted by Gasteiger charge is -1.86. The van der Waals surface area contributed by atoms with Gasteiger partial charge in [0.2, 0.25) is 0 Å². The van der Waals surface area contributed by atoms with Gasteiger partial charge in [0.05, 0.1) is 11.6 Å². The van der Waals surface area contributed by atoms with Crippen molar-refractivity contribution in [3.05, 3.63) is 33.8 Å². The second-order valence-electron chi connectivity index (χ2n) is 1.85. The number of nitro groups is 1. The van der Waals surface area contributed by atoms with Gasteiger partial charge >= 0.3 is 5.82 Å². The molecule has 4 heteroatoms. The summed E-state index contributed by atoms with van der Waals surface area (Å²) >= 11 is 0. The topological polar surface area (TPSA) is 57.2 Å². The molecular formula is C7H5N2O2. The predicted octanol–water partition coefficient (Wildman–Crippen LogP) is 0.630. The number of allylic oxidation sites excluding steroid dienone is 2. The molecule has 11 heavy (non-hydrogen) atoms. The highest BCUT2D eigenvalue weighted by molar-refractivity contribution is 5.41. The van der Waals surface area contributed by atoms with E-state index in [1.165, 1.54) is 12.3 Å². The highest BCUT2D eigenvalue weighted by atomic mass is 16.6. The quantitative estimate of drug-likeness (QED) is 0.312. The summed E-state index contributed by atoms with van der Waals surface area (Å²) in [5, 5.41) is 13.6. The summed E-state index contributed by atoms with van der Waals surface area (Å²) in [6.07, 6.45) is 2.73. The van der Waals surface area contributed by atoms with Crippen molar-refractivity contribution in [2.45, 2.75) is 6.92 Å². The van der Waals surface area contributed by atoms with Crippen molar-refractivity contribution in [3.63, 3.8) is 0 Å². The zero-order valence-electron chi connectivity index (χ0n) is 5.87. The summed E-state index contributed by atoms with van der Waals surface area (Å²) in [7, 11) is 0. The summed E-state index contributed by atoms with van der Waals surface area (Å²) in [6.45, 7) is 1.67. The maximum atomic E-state index is 10.1. The minimum Gasteiger partial charge on any atom is -0.358 e. The fraction of sp³-hybridized carbons (Fsp3) is 0.143. The molecule has 55 valence electrons. The first-order valence-corrected chi connectivity index (χ1v) is 2.94. The van der Waals surface area contributed by atoms with Crippen LogP contribution in [0.4, 0.5) is 0 Å². The largest absolute Gasteiger partial charge is 0.364 e. The third kappa shape index (κ3) is 1.58. The van der Waals surface area contributed by atoms with E-state index in [4.69, 9.17) is 0 Å². The van der Waals surface area contributed by atoms with E-state index in [0.29, 0.717) is 5.57 Å². The van der Waals surface area contributed by atoms with Crippen molar-refractivity contribution in [1.82, 2.24) is 5.32 Å². The molecule has 0 saturated carbocycles. The van der Waals surface area contributed by atoms with Gasteiger partial charge < -0.3 is 10.1 Å². The maximum absolute atomic E-state index is 10.1. The Hall–Kier alpha value is -1.76. The van der Waals surface area contributed by atoms with E-state index in [0.717, 1.165) is 0 Å². The highest BCUT2D eigenvalue weighted by Gasteiger charge is 2.17. The van der Waals surface area contributed by atoms with E-state index in [-0.39, 0.29) is 5.82 Å². The third-order valence-electron chi connectivity index (χ3n) is 1.08. The number of nitrogens with zero attached hydrogens (tertiary/aromatic N) is 2. The molecular weight excluding hydrogens is 144 g/mol. The first kappa shape index (κ1) is 7.35. The Morgan fingerprint density at radius 2 is 2.45 bits per heavy atom. The molecule has 0 N–H and O–H groups in total. The third-order valence-corrected chi connectivity index (χ3v) is 1.08. The molecule has 0 atom stereocenters. The van der Waals surface area contributed by atoms with E-state index in [2.05, 4.69) is 17.2 Å². The van der Waals surface area contributed by atoms with Gasteiger partial charge in [-0.1, -0.05) is 5.92 Å². The van der Waals surface area contributed by atoms with Gasteiger partial charge in [-0.15, -0.1) is 5.92 Å². The molecule has 1 heterocycles. The van der Waals surface area contributed by atoms with Crippen LogP contribution in [-0.4, -0.2) is 4.92 Å². The molecule has 0 aromatic carbocycles. The minimum absolute atomic E-state index is 0.150. The zero-order chi connectivity index (χ0) is 8.27. The van der Waals surface area contributed by atoms with Crippen molar-refractivity contribution >= 4 is 0 Å². The van der Waals surface area contributed by atoms with E-state index in [1.54, 1.807) is 6.92 Å². The number of hydrogen-bond donors (Lipinski definition) is 0. The van der Waals surface area contributed by atoms with Gasteiger partial charge in [0, 0.05) is 0 Å². The summed E-state index contributed by atoms with van der Waals surface area (Å²) in [4.78, 5) is 9.57. The van der Waals surface area contributed by atoms with Gasteiger partial charge in [-0.2, -0.15) is 0 Å². The van der Waals surface area contributed by atoms with Gasteiger partial charge in [-0.3, -0.25) is 0 Å². The van der Waals surface area contributed by atoms with Gasteiger partial charge in [0.25, 0.3) is 0 Å². The molecule has 0 spiro atoms. The van der Waals surface area contributed by atoms with Gasteiger partial charge in [-0.25, -0.2) is 0 Å². The van der Waals surface area contributed by atoms with Gasteiger partial charge in [-0.05, 0) is 17.2 Å². The molecule has 0 saturated heterocycles. The fourth-order valence-corrected chi connectivity index (χ4v) is 0.662. The van der Waals surface area contributed by atoms with Crippen LogP contribution in [0, 0.1) is 22.0 Å². The van der Waals surface area contributed by atoms with E-state index >= 15 is 0 Å². The number of hydrogen-bond acceptors (Lipinski definition) is 2. The summed E-state index contributed by atoms with van der Waals surface area (Å²) in [5.74, 6) is 5.14. The molecule has 4 nitrogen and oxygen atoms in total. The maximum Gasteiger partial charge on any atom is 0.364 e. The molecule has 0 aromatic heterocycles. The van der Waals surface area contributed by atoms with Gasteiger partial charge in [0.15, 0.2) is 6.20 Å². The molecule has 0 aromatic rings. The summed E-state index contributed by atoms with van der Waals surface area (Å²) in [6, 6.07) is 0. The fourth-order valence-electron chi connectivity index (χ4n) is 0.662. The van der Waals surface area contributed by atoms with Crippen LogP contribution in [0.3, 0.4) is 0 Å². The van der Waals surface area contributed by atoms with E-state index in [1.807, 2.05) is 0 Å². The van der Waals surface area contributed by atoms with Crippen LogP contribution in [0.2, 0.25) is 0 Å². The molecule has 0 bridgehead atoms. The standard InChI is InChI=1S/C7H5N2O2/c1-2-3-6-4-7(8-5-6)9(10)11/h4-5H,1H3. The van der Waals surface area contributed by atoms with Crippen molar-refractivity contribution in [2.75, 3.05) is 0 Å². The van der Waals surface area contributed by atoms with Crippen LogP contribution >= 0.6 is 0 Å². The summed E-state index contributed by atoms with van der Waals surface area (Å²) < 4.78 is 0. The monoisotopic (exact) mass is 149 g/mol. The molecule has 1 radical (unpaired) electrons. The first-order valence-electron chi connectivity index (χ1n) is 2.94. The molecule has 0 unspecified atom stereocenters. The predicted molar refractivity (Wildman–Crippen MR) is 38.7 cm³/mol. The van der Waals surface area contributed by atoms with Gasteiger partial charge in [0.1, 0.15) is 0 Å². The highest BCUT2D eigenvalue weighted by Crippen LogP contribution is 2.08. The summed E-state index contributed by atoms with van der Waals surface area (Å²) in [5.41, 5.74) is 0.583. The van der Waals surface area contributed by atoms with Crippen LogP contribution < -0.4 is 5.32 Å². The average molecular weight is 149 g/mol. The van der Waals surface area contributed by atoms with Crippen LogP contribution in [0.1, 0.15) is 6.92 Å². The molecule has 1 aliphatic rings. The zero-order valence-corrected chi connectivity index (χ0v) is 5.87. The van der Waals surface area contributed by atoms with Crippen LogP contribution in [0.25, 0.3) is 0 Å². The molecule has 0 fully saturated rings. The van der Waals surface area contributed by atoms with Crippen LogP contribution in [-0.2, 0) is 0 Å².